The Labute approximate surface area is 120 Å². The summed E-state index contributed by atoms with van der Waals surface area (Å²) in [6.07, 6.45) is 7.97. The summed E-state index contributed by atoms with van der Waals surface area (Å²) in [6.45, 7) is 10.9. The van der Waals surface area contributed by atoms with E-state index in [9.17, 15) is 4.79 Å². The van der Waals surface area contributed by atoms with Crippen LogP contribution in [0.15, 0.2) is 37.0 Å². The van der Waals surface area contributed by atoms with Crippen molar-refractivity contribution < 1.29 is 14.3 Å². The summed E-state index contributed by atoms with van der Waals surface area (Å²) in [5.41, 5.74) is 0.930. The van der Waals surface area contributed by atoms with Gasteiger partial charge in [0.15, 0.2) is 11.6 Å². The van der Waals surface area contributed by atoms with Crippen LogP contribution in [-0.4, -0.2) is 24.8 Å². The number of rotatable bonds is 4. The Balaban J connectivity index is 2.14. The Morgan fingerprint density at radius 1 is 1.45 bits per heavy atom. The molecule has 3 atom stereocenters. The molecule has 0 aromatic carbocycles. The van der Waals surface area contributed by atoms with Crippen molar-refractivity contribution in [3.05, 3.63) is 37.0 Å². The van der Waals surface area contributed by atoms with Crippen LogP contribution in [0.1, 0.15) is 26.2 Å². The van der Waals surface area contributed by atoms with Gasteiger partial charge in [-0.2, -0.15) is 0 Å². The van der Waals surface area contributed by atoms with Gasteiger partial charge in [0.2, 0.25) is 0 Å². The molecular weight excluding hydrogens is 252 g/mol. The first-order valence-electron chi connectivity index (χ1n) is 7.33. The Hall–Kier alpha value is -1.19. The van der Waals surface area contributed by atoms with Crippen LogP contribution >= 0.6 is 0 Å². The number of fused-ring (bicyclic) bond motifs is 1. The van der Waals surface area contributed by atoms with Crippen molar-refractivity contribution in [3.63, 3.8) is 0 Å². The lowest BCUT2D eigenvalue weighted by Gasteiger charge is -2.58. The van der Waals surface area contributed by atoms with E-state index in [-0.39, 0.29) is 11.7 Å². The average Bonchev–Trinajstić information content (AvgIpc) is 2.89. The molecule has 0 aromatic heterocycles. The molecule has 1 heterocycles. The minimum absolute atomic E-state index is 0.0961. The van der Waals surface area contributed by atoms with Crippen molar-refractivity contribution in [1.82, 2.24) is 0 Å². The quantitative estimate of drug-likeness (QED) is 0.584. The minimum Gasteiger partial charge on any atom is -0.347 e. The number of ketones is 1. The summed E-state index contributed by atoms with van der Waals surface area (Å²) in [4.78, 5) is 12.4. The topological polar surface area (TPSA) is 35.5 Å². The van der Waals surface area contributed by atoms with Crippen LogP contribution in [0, 0.1) is 17.3 Å². The van der Waals surface area contributed by atoms with Crippen LogP contribution in [0.2, 0.25) is 0 Å². The highest BCUT2D eigenvalue weighted by Gasteiger charge is 2.65. The van der Waals surface area contributed by atoms with Gasteiger partial charge in [0.1, 0.15) is 0 Å². The van der Waals surface area contributed by atoms with Crippen LogP contribution in [-0.2, 0) is 14.3 Å². The van der Waals surface area contributed by atoms with E-state index in [0.717, 1.165) is 12.8 Å². The fourth-order valence-corrected chi connectivity index (χ4v) is 4.39. The van der Waals surface area contributed by atoms with Crippen molar-refractivity contribution in [2.24, 2.45) is 17.3 Å². The molecule has 1 spiro atoms. The summed E-state index contributed by atoms with van der Waals surface area (Å²) >= 11 is 0. The first-order valence-corrected chi connectivity index (χ1v) is 7.33. The van der Waals surface area contributed by atoms with E-state index in [1.807, 2.05) is 6.08 Å². The third-order valence-electron chi connectivity index (χ3n) is 5.28. The molecule has 1 saturated carbocycles. The molecule has 1 saturated heterocycles. The molecule has 4 aliphatic rings. The molecule has 2 fully saturated rings. The van der Waals surface area contributed by atoms with E-state index in [1.165, 1.54) is 11.6 Å². The van der Waals surface area contributed by atoms with Crippen molar-refractivity contribution in [3.8, 4) is 0 Å². The van der Waals surface area contributed by atoms with Crippen LogP contribution in [0.25, 0.3) is 0 Å². The maximum Gasteiger partial charge on any atom is 0.179 e. The van der Waals surface area contributed by atoms with Gasteiger partial charge in [0.05, 0.1) is 18.6 Å². The van der Waals surface area contributed by atoms with Gasteiger partial charge in [0, 0.05) is 12.3 Å². The number of hydrogen-bond donors (Lipinski definition) is 0. The highest BCUT2D eigenvalue weighted by Crippen LogP contribution is 2.62. The van der Waals surface area contributed by atoms with Gasteiger partial charge < -0.3 is 9.47 Å². The van der Waals surface area contributed by atoms with Crippen LogP contribution in [0.4, 0.5) is 0 Å². The predicted octanol–water partition coefficient (Wildman–Crippen LogP) is 3.03. The molecule has 1 aliphatic heterocycles. The van der Waals surface area contributed by atoms with E-state index in [2.05, 4.69) is 26.2 Å². The van der Waals surface area contributed by atoms with Crippen molar-refractivity contribution in [1.29, 1.82) is 0 Å². The average molecular weight is 274 g/mol. The smallest absolute Gasteiger partial charge is 0.179 e. The molecular formula is C17H22O3. The monoisotopic (exact) mass is 274 g/mol. The molecule has 0 amide bonds. The third kappa shape index (κ3) is 1.63. The number of allylic oxidation sites excluding steroid dienone is 3. The molecule has 2 bridgehead atoms. The second-order valence-corrected chi connectivity index (χ2v) is 6.17. The lowest BCUT2D eigenvalue weighted by atomic mass is 9.51. The predicted molar refractivity (Wildman–Crippen MR) is 77.1 cm³/mol. The number of hydrogen-bond acceptors (Lipinski definition) is 3. The zero-order valence-electron chi connectivity index (χ0n) is 12.1. The second-order valence-electron chi connectivity index (χ2n) is 6.17. The molecule has 0 N–H and O–H groups in total. The molecule has 108 valence electrons. The minimum atomic E-state index is -0.646. The summed E-state index contributed by atoms with van der Waals surface area (Å²) in [6, 6.07) is 0. The maximum atomic E-state index is 12.4. The molecule has 3 heteroatoms. The largest absolute Gasteiger partial charge is 0.347 e. The molecule has 0 unspecified atom stereocenters. The summed E-state index contributed by atoms with van der Waals surface area (Å²) in [7, 11) is 0. The molecule has 20 heavy (non-hydrogen) atoms. The first-order chi connectivity index (χ1) is 9.58. The number of carbonyl (C=O) groups is 1. The molecule has 3 aliphatic carbocycles. The van der Waals surface area contributed by atoms with Gasteiger partial charge >= 0.3 is 0 Å². The van der Waals surface area contributed by atoms with Gasteiger partial charge in [-0.25, -0.2) is 0 Å². The van der Waals surface area contributed by atoms with Gasteiger partial charge in [-0.15, -0.1) is 6.58 Å². The van der Waals surface area contributed by atoms with Gasteiger partial charge in [0.25, 0.3) is 0 Å². The van der Waals surface area contributed by atoms with E-state index in [1.54, 1.807) is 0 Å². The van der Waals surface area contributed by atoms with Crippen LogP contribution < -0.4 is 0 Å². The van der Waals surface area contributed by atoms with E-state index in [4.69, 9.17) is 9.47 Å². The second kappa shape index (κ2) is 4.68. The molecule has 4 rings (SSSR count). The Morgan fingerprint density at radius 3 is 2.75 bits per heavy atom. The van der Waals surface area contributed by atoms with Crippen molar-refractivity contribution >= 4 is 5.78 Å². The van der Waals surface area contributed by atoms with E-state index in [0.29, 0.717) is 25.6 Å². The Morgan fingerprint density at radius 2 is 2.15 bits per heavy atom. The van der Waals surface area contributed by atoms with Gasteiger partial charge in [-0.05, 0) is 31.8 Å². The number of carbonyl (C=O) groups excluding carboxylic acids is 1. The zero-order chi connectivity index (χ0) is 14.4. The third-order valence-corrected chi connectivity index (χ3v) is 5.28. The van der Waals surface area contributed by atoms with Gasteiger partial charge in [-0.1, -0.05) is 24.3 Å². The zero-order valence-corrected chi connectivity index (χ0v) is 12.1. The molecule has 0 radical (unpaired) electrons. The van der Waals surface area contributed by atoms with Crippen molar-refractivity contribution in [2.45, 2.75) is 32.0 Å². The summed E-state index contributed by atoms with van der Waals surface area (Å²) in [5, 5.41) is 0. The van der Waals surface area contributed by atoms with Crippen LogP contribution in [0.3, 0.4) is 0 Å². The lowest BCUT2D eigenvalue weighted by molar-refractivity contribution is -0.265. The van der Waals surface area contributed by atoms with E-state index >= 15 is 0 Å². The molecule has 0 aromatic rings. The van der Waals surface area contributed by atoms with Crippen LogP contribution in [0.5, 0.6) is 0 Å². The Bertz CT molecular complexity index is 484. The summed E-state index contributed by atoms with van der Waals surface area (Å²) < 4.78 is 12.1. The first kappa shape index (κ1) is 13.8. The Kier molecular flexibility index (Phi) is 3.22. The highest BCUT2D eigenvalue weighted by molar-refractivity contribution is 5.92. The fraction of sp³-hybridized carbons (Fsp3) is 0.588. The summed E-state index contributed by atoms with van der Waals surface area (Å²) in [5.74, 6) is -0.293. The fourth-order valence-electron chi connectivity index (χ4n) is 4.39. The number of ether oxygens (including phenoxy) is 2. The van der Waals surface area contributed by atoms with E-state index < -0.39 is 11.2 Å². The molecule has 3 nitrogen and oxygen atoms in total. The van der Waals surface area contributed by atoms with Crippen molar-refractivity contribution in [2.75, 3.05) is 13.2 Å². The SMILES string of the molecule is C=CC[C@]12C=C(C)[C@H](C[C@@H]1C(=O)C=C)CC21OCCO1. The highest BCUT2D eigenvalue weighted by atomic mass is 16.7. The maximum absolute atomic E-state index is 12.4. The van der Waals surface area contributed by atoms with Gasteiger partial charge in [-0.3, -0.25) is 4.79 Å². The normalized spacial score (nSPS) is 37.8. The standard InChI is InChI=1S/C17H22O3/c1-4-6-16-10-12(3)13(9-14(16)15(18)5-2)11-17(16)19-7-8-20-17/h4-5,10,13-14H,1-2,6-9,11H2,3H3/t13-,14-,16+/m1/s1. The lowest BCUT2D eigenvalue weighted by Crippen LogP contribution is -2.61.